The van der Waals surface area contributed by atoms with Crippen LogP contribution in [0.5, 0.6) is 11.5 Å². The molecule has 0 aliphatic heterocycles. The fourth-order valence-corrected chi connectivity index (χ4v) is 2.42. The van der Waals surface area contributed by atoms with Gasteiger partial charge >= 0.3 is 11.9 Å². The second-order valence-electron chi connectivity index (χ2n) is 5.12. The summed E-state index contributed by atoms with van der Waals surface area (Å²) in [6.07, 6.45) is 4.94. The van der Waals surface area contributed by atoms with Gasteiger partial charge in [0.05, 0.1) is 5.92 Å². The van der Waals surface area contributed by atoms with Crippen molar-refractivity contribution in [1.82, 2.24) is 0 Å². The fraction of sp³-hybridized carbons (Fsp3) is 0.467. The first-order valence-corrected chi connectivity index (χ1v) is 8.10. The zero-order valence-electron chi connectivity index (χ0n) is 11.7. The molecule has 7 heteroatoms. The van der Waals surface area contributed by atoms with E-state index in [9.17, 15) is 9.59 Å². The molecule has 0 N–H and O–H groups in total. The molecule has 0 spiro atoms. The van der Waals surface area contributed by atoms with E-state index in [0.29, 0.717) is 5.75 Å². The van der Waals surface area contributed by atoms with Gasteiger partial charge in [-0.05, 0) is 25.0 Å². The van der Waals surface area contributed by atoms with Crippen LogP contribution in [-0.4, -0.2) is 15.7 Å². The second kappa shape index (κ2) is 7.53. The number of halogens is 3. The van der Waals surface area contributed by atoms with Crippen molar-refractivity contribution in [2.75, 3.05) is 0 Å². The van der Waals surface area contributed by atoms with Crippen LogP contribution in [0.25, 0.3) is 0 Å². The summed E-state index contributed by atoms with van der Waals surface area (Å²) in [7, 11) is 0. The Morgan fingerprint density at radius 1 is 1.00 bits per heavy atom. The minimum Gasteiger partial charge on any atom is -0.426 e. The Morgan fingerprint density at radius 3 is 2.18 bits per heavy atom. The maximum Gasteiger partial charge on any atom is 0.363 e. The van der Waals surface area contributed by atoms with Crippen LogP contribution in [0, 0.1) is 5.92 Å². The lowest BCUT2D eigenvalue weighted by atomic mass is 9.89. The molecule has 0 bridgehead atoms. The van der Waals surface area contributed by atoms with Crippen molar-refractivity contribution in [3.05, 3.63) is 24.3 Å². The van der Waals surface area contributed by atoms with Gasteiger partial charge in [-0.3, -0.25) is 4.79 Å². The maximum absolute atomic E-state index is 12.1. The van der Waals surface area contributed by atoms with Crippen LogP contribution >= 0.6 is 34.8 Å². The van der Waals surface area contributed by atoms with Gasteiger partial charge in [-0.15, -0.1) is 0 Å². The Bertz CT molecular complexity index is 548. The average Bonchev–Trinajstić information content (AvgIpc) is 2.47. The van der Waals surface area contributed by atoms with E-state index < -0.39 is 9.76 Å². The van der Waals surface area contributed by atoms with Crippen molar-refractivity contribution in [3.63, 3.8) is 0 Å². The van der Waals surface area contributed by atoms with Crippen LogP contribution < -0.4 is 9.47 Å². The molecule has 22 heavy (non-hydrogen) atoms. The van der Waals surface area contributed by atoms with E-state index in [4.69, 9.17) is 44.3 Å². The van der Waals surface area contributed by atoms with Crippen LogP contribution in [0.15, 0.2) is 24.3 Å². The molecule has 0 amide bonds. The van der Waals surface area contributed by atoms with E-state index in [0.717, 1.165) is 32.1 Å². The quantitative estimate of drug-likeness (QED) is 0.451. The summed E-state index contributed by atoms with van der Waals surface area (Å²) in [5, 5.41) is 0. The number of alkyl halides is 3. The molecule has 1 fully saturated rings. The van der Waals surface area contributed by atoms with Gasteiger partial charge in [0.2, 0.25) is 0 Å². The molecule has 1 saturated carbocycles. The van der Waals surface area contributed by atoms with Crippen molar-refractivity contribution < 1.29 is 19.1 Å². The van der Waals surface area contributed by atoms with Gasteiger partial charge in [0.25, 0.3) is 3.79 Å². The van der Waals surface area contributed by atoms with E-state index in [2.05, 4.69) is 0 Å². The van der Waals surface area contributed by atoms with Gasteiger partial charge < -0.3 is 9.47 Å². The second-order valence-corrected chi connectivity index (χ2v) is 7.40. The fourth-order valence-electron chi connectivity index (χ4n) is 2.30. The number of hydrogen-bond acceptors (Lipinski definition) is 4. The van der Waals surface area contributed by atoms with Gasteiger partial charge in [0.15, 0.2) is 0 Å². The summed E-state index contributed by atoms with van der Waals surface area (Å²) >= 11 is 16.3. The number of ether oxygens (including phenoxy) is 2. The molecule has 0 aromatic heterocycles. The highest BCUT2D eigenvalue weighted by atomic mass is 35.6. The van der Waals surface area contributed by atoms with Crippen molar-refractivity contribution in [1.29, 1.82) is 0 Å². The molecular weight excluding hydrogens is 351 g/mol. The molecule has 1 aromatic carbocycles. The van der Waals surface area contributed by atoms with Gasteiger partial charge in [-0.2, -0.15) is 0 Å². The Balaban J connectivity index is 1.99. The van der Waals surface area contributed by atoms with Crippen LogP contribution in [-0.2, 0) is 9.59 Å². The summed E-state index contributed by atoms with van der Waals surface area (Å²) in [6.45, 7) is 0. The van der Waals surface area contributed by atoms with Gasteiger partial charge in [-0.1, -0.05) is 60.1 Å². The highest BCUT2D eigenvalue weighted by Crippen LogP contribution is 2.30. The maximum atomic E-state index is 12.1. The number of rotatable bonds is 3. The normalized spacial score (nSPS) is 16.1. The third-order valence-electron chi connectivity index (χ3n) is 3.40. The molecule has 0 saturated heterocycles. The Labute approximate surface area is 143 Å². The smallest absolute Gasteiger partial charge is 0.363 e. The van der Waals surface area contributed by atoms with Gasteiger partial charge in [0.1, 0.15) is 11.5 Å². The standard InChI is InChI=1S/C15H15Cl3O4/c16-15(17,18)14(20)22-12-8-4-7-11(9-12)21-13(19)10-5-2-1-3-6-10/h4,7-10H,1-3,5-6H2. The molecule has 1 aromatic rings. The van der Waals surface area contributed by atoms with Crippen molar-refractivity contribution in [3.8, 4) is 11.5 Å². The van der Waals surface area contributed by atoms with E-state index in [1.165, 1.54) is 12.1 Å². The first-order chi connectivity index (χ1) is 10.4. The molecule has 4 nitrogen and oxygen atoms in total. The molecule has 0 heterocycles. The summed E-state index contributed by atoms with van der Waals surface area (Å²) < 4.78 is 8.10. The molecular formula is C15H15Cl3O4. The van der Waals surface area contributed by atoms with Crippen LogP contribution in [0.2, 0.25) is 0 Å². The monoisotopic (exact) mass is 364 g/mol. The molecule has 120 valence electrons. The lowest BCUT2D eigenvalue weighted by Gasteiger charge is -2.19. The van der Waals surface area contributed by atoms with Crippen molar-refractivity contribution in [2.45, 2.75) is 35.9 Å². The molecule has 0 atom stereocenters. The molecule has 1 aliphatic rings. The molecule has 0 unspecified atom stereocenters. The summed E-state index contributed by atoms with van der Waals surface area (Å²) in [6, 6.07) is 6.11. The number of hydrogen-bond donors (Lipinski definition) is 0. The highest BCUT2D eigenvalue weighted by Gasteiger charge is 2.33. The molecule has 1 aliphatic carbocycles. The predicted octanol–water partition coefficient (Wildman–Crippen LogP) is 4.45. The zero-order valence-corrected chi connectivity index (χ0v) is 14.0. The summed E-state index contributed by atoms with van der Waals surface area (Å²) in [5.74, 6) is -0.908. The van der Waals surface area contributed by atoms with Crippen molar-refractivity contribution >= 4 is 46.7 Å². The number of carbonyl (C=O) groups excluding carboxylic acids is 2. The van der Waals surface area contributed by atoms with Gasteiger partial charge in [-0.25, -0.2) is 4.79 Å². The van der Waals surface area contributed by atoms with E-state index in [1.54, 1.807) is 12.1 Å². The Hall–Kier alpha value is -0.970. The minimum atomic E-state index is -2.16. The van der Waals surface area contributed by atoms with Crippen LogP contribution in [0.3, 0.4) is 0 Å². The summed E-state index contributed by atoms with van der Waals surface area (Å²) in [5.41, 5.74) is 0. The van der Waals surface area contributed by atoms with E-state index in [-0.39, 0.29) is 17.6 Å². The summed E-state index contributed by atoms with van der Waals surface area (Å²) in [4.78, 5) is 23.6. The molecule has 2 rings (SSSR count). The topological polar surface area (TPSA) is 52.6 Å². The largest absolute Gasteiger partial charge is 0.426 e. The number of carbonyl (C=O) groups is 2. The highest BCUT2D eigenvalue weighted by molar-refractivity contribution is 6.75. The zero-order chi connectivity index (χ0) is 16.2. The SMILES string of the molecule is O=C(Oc1cccc(OC(=O)C(Cl)(Cl)Cl)c1)C1CCCCC1. The Kier molecular flexibility index (Phi) is 5.95. The first-order valence-electron chi connectivity index (χ1n) is 6.97. The van der Waals surface area contributed by atoms with Crippen LogP contribution in [0.1, 0.15) is 32.1 Å². The lowest BCUT2D eigenvalue weighted by Crippen LogP contribution is -2.25. The lowest BCUT2D eigenvalue weighted by molar-refractivity contribution is -0.140. The number of esters is 2. The minimum absolute atomic E-state index is 0.0684. The predicted molar refractivity (Wildman–Crippen MR) is 84.6 cm³/mol. The average molecular weight is 366 g/mol. The third-order valence-corrected chi connectivity index (χ3v) is 3.87. The van der Waals surface area contributed by atoms with Crippen molar-refractivity contribution in [2.24, 2.45) is 5.92 Å². The van der Waals surface area contributed by atoms with Gasteiger partial charge in [0, 0.05) is 6.07 Å². The first kappa shape index (κ1) is 17.4. The van der Waals surface area contributed by atoms with E-state index in [1.807, 2.05) is 0 Å². The van der Waals surface area contributed by atoms with Crippen LogP contribution in [0.4, 0.5) is 0 Å². The van der Waals surface area contributed by atoms with E-state index >= 15 is 0 Å². The third kappa shape index (κ3) is 5.04. The number of benzene rings is 1. The molecule has 0 radical (unpaired) electrons. The Morgan fingerprint density at radius 2 is 1.59 bits per heavy atom.